The van der Waals surface area contributed by atoms with Crippen LogP contribution < -0.4 is 0 Å². The summed E-state index contributed by atoms with van der Waals surface area (Å²) in [6.07, 6.45) is 1.21. The molecule has 1 fully saturated rings. The fraction of sp³-hybridized carbons (Fsp3) is 0.533. The van der Waals surface area contributed by atoms with Crippen LogP contribution in [0.15, 0.2) is 24.3 Å². The van der Waals surface area contributed by atoms with Crippen LogP contribution in [0.1, 0.15) is 18.9 Å². The molecule has 0 aliphatic carbocycles. The first kappa shape index (κ1) is 14.0. The molecule has 1 saturated heterocycles. The lowest BCUT2D eigenvalue weighted by Gasteiger charge is -2.38. The van der Waals surface area contributed by atoms with Crippen molar-refractivity contribution < 1.29 is 9.13 Å². The normalized spacial score (nSPS) is 19.6. The number of nitrogens with zero attached hydrogens (tertiary/aromatic N) is 2. The van der Waals surface area contributed by atoms with Gasteiger partial charge in [-0.1, -0.05) is 18.2 Å². The third-order valence-corrected chi connectivity index (χ3v) is 3.79. The van der Waals surface area contributed by atoms with Gasteiger partial charge in [0.25, 0.3) is 0 Å². The molecule has 1 unspecified atom stereocenters. The van der Waals surface area contributed by atoms with Crippen molar-refractivity contribution in [3.63, 3.8) is 0 Å². The predicted octanol–water partition coefficient (Wildman–Crippen LogP) is 2.37. The third-order valence-electron chi connectivity index (χ3n) is 3.79. The quantitative estimate of drug-likeness (QED) is 0.836. The van der Waals surface area contributed by atoms with Crippen molar-refractivity contribution >= 4 is 0 Å². The van der Waals surface area contributed by atoms with Gasteiger partial charge in [-0.05, 0) is 31.4 Å². The minimum Gasteiger partial charge on any atom is -0.379 e. The van der Waals surface area contributed by atoms with Crippen LogP contribution in [0.25, 0.3) is 0 Å². The number of hydrogen-bond donors (Lipinski definition) is 0. The number of morpholine rings is 1. The van der Waals surface area contributed by atoms with Gasteiger partial charge in [-0.25, -0.2) is 4.39 Å². The molecule has 4 heteroatoms. The molecule has 3 nitrogen and oxygen atoms in total. The van der Waals surface area contributed by atoms with Crippen LogP contribution >= 0.6 is 0 Å². The molecular formula is C15H19FN2O. The Kier molecular flexibility index (Phi) is 4.52. The van der Waals surface area contributed by atoms with Crippen LogP contribution in [-0.4, -0.2) is 36.7 Å². The van der Waals surface area contributed by atoms with E-state index in [9.17, 15) is 9.65 Å². The van der Waals surface area contributed by atoms with Crippen LogP contribution in [0.2, 0.25) is 0 Å². The minimum absolute atomic E-state index is 0.190. The number of benzene rings is 1. The number of halogens is 1. The Bertz CT molecular complexity index is 465. The molecule has 1 aromatic carbocycles. The number of ether oxygens (including phenoxy) is 1. The highest BCUT2D eigenvalue weighted by Crippen LogP contribution is 2.23. The van der Waals surface area contributed by atoms with Gasteiger partial charge in [0.15, 0.2) is 0 Å². The standard InChI is InChI=1S/C15H19FN2O/c1-15(12-17,18-8-10-19-11-9-18)7-6-13-4-2-3-5-14(13)16/h2-5H,6-11H2,1H3. The Morgan fingerprint density at radius 3 is 2.68 bits per heavy atom. The lowest BCUT2D eigenvalue weighted by atomic mass is 9.92. The average Bonchev–Trinajstić information content (AvgIpc) is 2.47. The van der Waals surface area contributed by atoms with Gasteiger partial charge < -0.3 is 4.74 Å². The highest BCUT2D eigenvalue weighted by atomic mass is 19.1. The summed E-state index contributed by atoms with van der Waals surface area (Å²) in [5.74, 6) is -0.190. The van der Waals surface area contributed by atoms with Gasteiger partial charge in [-0.15, -0.1) is 0 Å². The van der Waals surface area contributed by atoms with Crippen molar-refractivity contribution in [2.24, 2.45) is 0 Å². The first-order valence-electron chi connectivity index (χ1n) is 6.63. The van der Waals surface area contributed by atoms with Crippen molar-refractivity contribution in [1.29, 1.82) is 5.26 Å². The molecule has 0 spiro atoms. The Hall–Kier alpha value is -1.44. The minimum atomic E-state index is -0.550. The monoisotopic (exact) mass is 262 g/mol. The summed E-state index contributed by atoms with van der Waals surface area (Å²) in [5.41, 5.74) is 0.128. The van der Waals surface area contributed by atoms with Crippen LogP contribution in [0.4, 0.5) is 4.39 Å². The van der Waals surface area contributed by atoms with Gasteiger partial charge in [0, 0.05) is 13.1 Å². The fourth-order valence-corrected chi connectivity index (χ4v) is 2.42. The molecule has 2 rings (SSSR count). The zero-order chi connectivity index (χ0) is 13.7. The fourth-order valence-electron chi connectivity index (χ4n) is 2.42. The number of rotatable bonds is 4. The summed E-state index contributed by atoms with van der Waals surface area (Å²) in [5, 5.41) is 9.46. The first-order chi connectivity index (χ1) is 9.15. The van der Waals surface area contributed by atoms with E-state index in [1.807, 2.05) is 13.0 Å². The van der Waals surface area contributed by atoms with E-state index in [4.69, 9.17) is 4.74 Å². The highest BCUT2D eigenvalue weighted by Gasteiger charge is 2.32. The van der Waals surface area contributed by atoms with E-state index < -0.39 is 5.54 Å². The van der Waals surface area contributed by atoms with Gasteiger partial charge in [0.1, 0.15) is 11.4 Å². The summed E-state index contributed by atoms with van der Waals surface area (Å²) in [4.78, 5) is 2.14. The zero-order valence-electron chi connectivity index (χ0n) is 11.2. The highest BCUT2D eigenvalue weighted by molar-refractivity contribution is 5.19. The van der Waals surface area contributed by atoms with Crippen molar-refractivity contribution in [2.45, 2.75) is 25.3 Å². The Morgan fingerprint density at radius 1 is 1.37 bits per heavy atom. The van der Waals surface area contributed by atoms with E-state index in [0.29, 0.717) is 31.6 Å². The molecule has 0 saturated carbocycles. The molecule has 19 heavy (non-hydrogen) atoms. The Balaban J connectivity index is 2.02. The molecular weight excluding hydrogens is 243 g/mol. The molecule has 0 N–H and O–H groups in total. The van der Waals surface area contributed by atoms with E-state index in [2.05, 4.69) is 11.0 Å². The molecule has 1 heterocycles. The SMILES string of the molecule is CC(C#N)(CCc1ccccc1F)N1CCOCC1. The molecule has 102 valence electrons. The van der Waals surface area contributed by atoms with E-state index in [1.54, 1.807) is 12.1 Å². The van der Waals surface area contributed by atoms with Gasteiger partial charge >= 0.3 is 0 Å². The molecule has 0 amide bonds. The predicted molar refractivity (Wildman–Crippen MR) is 71.1 cm³/mol. The third kappa shape index (κ3) is 3.31. The van der Waals surface area contributed by atoms with E-state index in [0.717, 1.165) is 13.1 Å². The molecule has 1 aliphatic heterocycles. The summed E-state index contributed by atoms with van der Waals surface area (Å²) in [7, 11) is 0. The van der Waals surface area contributed by atoms with Crippen molar-refractivity contribution in [2.75, 3.05) is 26.3 Å². The van der Waals surface area contributed by atoms with E-state index in [1.165, 1.54) is 6.07 Å². The molecule has 1 aliphatic rings. The molecule has 0 radical (unpaired) electrons. The number of hydrogen-bond acceptors (Lipinski definition) is 3. The summed E-state index contributed by atoms with van der Waals surface area (Å²) < 4.78 is 18.9. The van der Waals surface area contributed by atoms with Crippen LogP contribution in [-0.2, 0) is 11.2 Å². The molecule has 1 aromatic rings. The maximum atomic E-state index is 13.6. The molecule has 0 aromatic heterocycles. The maximum Gasteiger partial charge on any atom is 0.126 e. The maximum absolute atomic E-state index is 13.6. The van der Waals surface area contributed by atoms with Gasteiger partial charge in [0.2, 0.25) is 0 Å². The summed E-state index contributed by atoms with van der Waals surface area (Å²) in [6.45, 7) is 4.79. The lowest BCUT2D eigenvalue weighted by molar-refractivity contribution is -0.000496. The Morgan fingerprint density at radius 2 is 2.05 bits per heavy atom. The lowest BCUT2D eigenvalue weighted by Crippen LogP contribution is -2.51. The number of aryl methyl sites for hydroxylation is 1. The smallest absolute Gasteiger partial charge is 0.126 e. The number of nitriles is 1. The van der Waals surface area contributed by atoms with Crippen LogP contribution in [0.5, 0.6) is 0 Å². The first-order valence-corrected chi connectivity index (χ1v) is 6.63. The summed E-state index contributed by atoms with van der Waals surface area (Å²) in [6, 6.07) is 9.15. The van der Waals surface area contributed by atoms with Crippen molar-refractivity contribution in [1.82, 2.24) is 4.90 Å². The van der Waals surface area contributed by atoms with Gasteiger partial charge in [0.05, 0.1) is 19.3 Å². The van der Waals surface area contributed by atoms with Crippen LogP contribution in [0, 0.1) is 17.1 Å². The van der Waals surface area contributed by atoms with E-state index >= 15 is 0 Å². The van der Waals surface area contributed by atoms with Crippen molar-refractivity contribution in [3.05, 3.63) is 35.6 Å². The summed E-state index contributed by atoms with van der Waals surface area (Å²) >= 11 is 0. The van der Waals surface area contributed by atoms with Gasteiger partial charge in [-0.3, -0.25) is 4.90 Å². The molecule has 0 bridgehead atoms. The van der Waals surface area contributed by atoms with Crippen molar-refractivity contribution in [3.8, 4) is 6.07 Å². The van der Waals surface area contributed by atoms with E-state index in [-0.39, 0.29) is 5.82 Å². The van der Waals surface area contributed by atoms with Crippen LogP contribution in [0.3, 0.4) is 0 Å². The zero-order valence-corrected chi connectivity index (χ0v) is 11.2. The average molecular weight is 262 g/mol. The Labute approximate surface area is 113 Å². The molecule has 1 atom stereocenters. The topological polar surface area (TPSA) is 36.3 Å². The van der Waals surface area contributed by atoms with Gasteiger partial charge in [-0.2, -0.15) is 5.26 Å². The second-order valence-electron chi connectivity index (χ2n) is 5.08. The largest absolute Gasteiger partial charge is 0.379 e. The second-order valence-corrected chi connectivity index (χ2v) is 5.08. The second kappa shape index (κ2) is 6.14.